The van der Waals surface area contributed by atoms with E-state index in [4.69, 9.17) is 5.73 Å². The van der Waals surface area contributed by atoms with Gasteiger partial charge in [0.15, 0.2) is 0 Å². The van der Waals surface area contributed by atoms with Crippen LogP contribution < -0.4 is 10.5 Å². The highest BCUT2D eigenvalue weighted by Gasteiger charge is 2.17. The van der Waals surface area contributed by atoms with Crippen LogP contribution in [-0.2, 0) is 16.6 Å². The Morgan fingerprint density at radius 1 is 1.50 bits per heavy atom. The average Bonchev–Trinajstić information content (AvgIpc) is 2.73. The summed E-state index contributed by atoms with van der Waals surface area (Å²) in [5.41, 5.74) is 8.29. The first kappa shape index (κ1) is 12.9. The van der Waals surface area contributed by atoms with Crippen molar-refractivity contribution in [1.29, 1.82) is 0 Å². The molecule has 0 saturated heterocycles. The highest BCUT2D eigenvalue weighted by Crippen LogP contribution is 2.17. The van der Waals surface area contributed by atoms with Crippen molar-refractivity contribution in [2.75, 3.05) is 5.73 Å². The lowest BCUT2D eigenvalue weighted by Gasteiger charge is -2.07. The van der Waals surface area contributed by atoms with Crippen molar-refractivity contribution < 1.29 is 8.42 Å². The average molecular weight is 284 g/mol. The van der Waals surface area contributed by atoms with Crippen molar-refractivity contribution in [2.24, 2.45) is 0 Å². The summed E-state index contributed by atoms with van der Waals surface area (Å²) in [5.74, 6) is 0. The van der Waals surface area contributed by atoms with Crippen molar-refractivity contribution in [3.8, 4) is 0 Å². The van der Waals surface area contributed by atoms with Crippen LogP contribution in [0.5, 0.6) is 0 Å². The van der Waals surface area contributed by atoms with Crippen molar-refractivity contribution >= 4 is 27.0 Å². The molecule has 6 nitrogen and oxygen atoms in total. The first-order valence-electron chi connectivity index (χ1n) is 5.09. The Morgan fingerprint density at radius 3 is 2.89 bits per heavy atom. The lowest BCUT2D eigenvalue weighted by atomic mass is 10.4. The molecule has 0 saturated carbocycles. The van der Waals surface area contributed by atoms with Gasteiger partial charge in [-0.3, -0.25) is 4.98 Å². The largest absolute Gasteiger partial charge is 0.398 e. The minimum Gasteiger partial charge on any atom is -0.398 e. The van der Waals surface area contributed by atoms with Gasteiger partial charge in [0.05, 0.1) is 16.9 Å². The Balaban J connectivity index is 2.19. The number of sulfonamides is 1. The monoisotopic (exact) mass is 284 g/mol. The van der Waals surface area contributed by atoms with E-state index in [2.05, 4.69) is 14.7 Å². The predicted molar refractivity (Wildman–Crippen MR) is 69.5 cm³/mol. The van der Waals surface area contributed by atoms with Gasteiger partial charge in [0.1, 0.15) is 4.90 Å². The van der Waals surface area contributed by atoms with Gasteiger partial charge in [0.2, 0.25) is 10.0 Å². The molecule has 0 aromatic carbocycles. The van der Waals surface area contributed by atoms with Gasteiger partial charge in [-0.15, -0.1) is 11.3 Å². The molecule has 0 atom stereocenters. The standard InChI is InChI=1S/C10H12N4O2S2/c1-7-9(17-6-13-7)4-14-18(15,16)10-5-12-3-2-8(10)11/h2-3,5-6,14H,4H2,1H3,(H2,11,12). The number of nitrogens with one attached hydrogen (secondary N) is 1. The van der Waals surface area contributed by atoms with Crippen LogP contribution >= 0.6 is 11.3 Å². The Hall–Kier alpha value is -1.51. The smallest absolute Gasteiger partial charge is 0.244 e. The number of pyridine rings is 1. The molecule has 0 aliphatic heterocycles. The topological polar surface area (TPSA) is 98.0 Å². The van der Waals surface area contributed by atoms with E-state index in [9.17, 15) is 8.42 Å². The van der Waals surface area contributed by atoms with Gasteiger partial charge in [0.25, 0.3) is 0 Å². The van der Waals surface area contributed by atoms with Crippen LogP contribution in [0.15, 0.2) is 28.9 Å². The van der Waals surface area contributed by atoms with Gasteiger partial charge in [0, 0.05) is 23.8 Å². The molecule has 2 heterocycles. The molecule has 8 heteroatoms. The molecular weight excluding hydrogens is 272 g/mol. The van der Waals surface area contributed by atoms with Gasteiger partial charge in [-0.05, 0) is 13.0 Å². The molecule has 0 radical (unpaired) electrons. The van der Waals surface area contributed by atoms with E-state index >= 15 is 0 Å². The molecule has 0 fully saturated rings. The molecule has 2 rings (SSSR count). The van der Waals surface area contributed by atoms with Crippen molar-refractivity contribution in [2.45, 2.75) is 18.4 Å². The lowest BCUT2D eigenvalue weighted by Crippen LogP contribution is -2.24. The van der Waals surface area contributed by atoms with E-state index in [1.54, 1.807) is 5.51 Å². The predicted octanol–water partition coefficient (Wildman–Crippen LogP) is 0.907. The van der Waals surface area contributed by atoms with Crippen LogP contribution in [0, 0.1) is 6.92 Å². The number of hydrogen-bond acceptors (Lipinski definition) is 6. The molecule has 18 heavy (non-hydrogen) atoms. The van der Waals surface area contributed by atoms with E-state index in [0.717, 1.165) is 10.6 Å². The molecule has 0 spiro atoms. The first-order chi connectivity index (χ1) is 8.50. The quantitative estimate of drug-likeness (QED) is 0.869. The molecular formula is C10H12N4O2S2. The molecule has 0 amide bonds. The Labute approximate surface area is 109 Å². The Bertz CT molecular complexity index is 651. The molecule has 0 aliphatic carbocycles. The Kier molecular flexibility index (Phi) is 3.60. The van der Waals surface area contributed by atoms with Crippen LogP contribution in [0.3, 0.4) is 0 Å². The highest BCUT2D eigenvalue weighted by molar-refractivity contribution is 7.89. The zero-order chi connectivity index (χ0) is 13.2. The van der Waals surface area contributed by atoms with Gasteiger partial charge < -0.3 is 5.73 Å². The Morgan fingerprint density at radius 2 is 2.28 bits per heavy atom. The summed E-state index contributed by atoms with van der Waals surface area (Å²) in [6, 6.07) is 1.45. The second-order valence-corrected chi connectivity index (χ2v) is 6.27. The number of nitrogen functional groups attached to an aromatic ring is 1. The van der Waals surface area contributed by atoms with Gasteiger partial charge in [-0.25, -0.2) is 18.1 Å². The van der Waals surface area contributed by atoms with E-state index in [1.807, 2.05) is 6.92 Å². The van der Waals surface area contributed by atoms with E-state index < -0.39 is 10.0 Å². The normalized spacial score (nSPS) is 11.6. The third kappa shape index (κ3) is 2.66. The minimum absolute atomic E-state index is 0.00725. The zero-order valence-corrected chi connectivity index (χ0v) is 11.3. The van der Waals surface area contributed by atoms with E-state index in [0.29, 0.717) is 0 Å². The third-order valence-corrected chi connectivity index (χ3v) is 4.75. The molecule has 3 N–H and O–H groups in total. The van der Waals surface area contributed by atoms with E-state index in [-0.39, 0.29) is 17.1 Å². The number of thiazole rings is 1. The molecule has 0 aliphatic rings. The van der Waals surface area contributed by atoms with Crippen LogP contribution in [0.1, 0.15) is 10.6 Å². The zero-order valence-electron chi connectivity index (χ0n) is 9.62. The number of aryl methyl sites for hydroxylation is 1. The molecule has 0 bridgehead atoms. The second-order valence-electron chi connectivity index (χ2n) is 3.60. The molecule has 0 unspecified atom stereocenters. The van der Waals surface area contributed by atoms with Crippen LogP contribution in [-0.4, -0.2) is 18.4 Å². The van der Waals surface area contributed by atoms with Gasteiger partial charge in [-0.2, -0.15) is 0 Å². The number of aromatic nitrogens is 2. The maximum absolute atomic E-state index is 12.0. The number of hydrogen-bond donors (Lipinski definition) is 2. The summed E-state index contributed by atoms with van der Waals surface area (Å²) in [7, 11) is -3.64. The summed E-state index contributed by atoms with van der Waals surface area (Å²) in [6.07, 6.45) is 2.68. The molecule has 2 aromatic rings. The highest BCUT2D eigenvalue weighted by atomic mass is 32.2. The summed E-state index contributed by atoms with van der Waals surface area (Å²) < 4.78 is 26.5. The second kappa shape index (κ2) is 5.01. The number of nitrogens with two attached hydrogens (primary N) is 1. The van der Waals surface area contributed by atoms with Crippen LogP contribution in [0.2, 0.25) is 0 Å². The summed E-state index contributed by atoms with van der Waals surface area (Å²) in [6.45, 7) is 2.03. The number of anilines is 1. The summed E-state index contributed by atoms with van der Waals surface area (Å²) >= 11 is 1.40. The van der Waals surface area contributed by atoms with Gasteiger partial charge in [-0.1, -0.05) is 0 Å². The molecule has 96 valence electrons. The first-order valence-corrected chi connectivity index (χ1v) is 7.45. The summed E-state index contributed by atoms with van der Waals surface area (Å²) in [5, 5.41) is 0. The fourth-order valence-corrected chi connectivity index (χ4v) is 3.23. The number of rotatable bonds is 4. The maximum atomic E-state index is 12.0. The SMILES string of the molecule is Cc1ncsc1CNS(=O)(=O)c1cnccc1N. The van der Waals surface area contributed by atoms with Crippen molar-refractivity contribution in [3.63, 3.8) is 0 Å². The van der Waals surface area contributed by atoms with Crippen molar-refractivity contribution in [1.82, 2.24) is 14.7 Å². The van der Waals surface area contributed by atoms with Crippen LogP contribution in [0.4, 0.5) is 5.69 Å². The fraction of sp³-hybridized carbons (Fsp3) is 0.200. The lowest BCUT2D eigenvalue weighted by molar-refractivity contribution is 0.581. The number of nitrogens with zero attached hydrogens (tertiary/aromatic N) is 2. The summed E-state index contributed by atoms with van der Waals surface area (Å²) in [4.78, 5) is 8.69. The molecule has 2 aromatic heterocycles. The van der Waals surface area contributed by atoms with E-state index in [1.165, 1.54) is 29.8 Å². The van der Waals surface area contributed by atoms with Crippen molar-refractivity contribution in [3.05, 3.63) is 34.5 Å². The maximum Gasteiger partial charge on any atom is 0.244 e. The minimum atomic E-state index is -3.64. The third-order valence-electron chi connectivity index (χ3n) is 2.37. The fourth-order valence-electron chi connectivity index (χ4n) is 1.35. The van der Waals surface area contributed by atoms with Crippen LogP contribution in [0.25, 0.3) is 0 Å². The van der Waals surface area contributed by atoms with Gasteiger partial charge >= 0.3 is 0 Å².